The van der Waals surface area contributed by atoms with Gasteiger partial charge in [0.15, 0.2) is 6.10 Å². The van der Waals surface area contributed by atoms with Gasteiger partial charge in [-0.15, -0.1) is 0 Å². The van der Waals surface area contributed by atoms with E-state index in [1.165, 1.54) is 0 Å². The molecule has 0 radical (unpaired) electrons. The molecule has 2 aromatic carbocycles. The smallest absolute Gasteiger partial charge is 0.324 e. The van der Waals surface area contributed by atoms with Gasteiger partial charge < -0.3 is 10.5 Å². The first-order valence-electron chi connectivity index (χ1n) is 7.69. The van der Waals surface area contributed by atoms with Crippen LogP contribution in [0, 0.1) is 5.92 Å². The van der Waals surface area contributed by atoms with Crippen molar-refractivity contribution in [2.45, 2.75) is 32.4 Å². The summed E-state index contributed by atoms with van der Waals surface area (Å²) in [6.45, 7) is 3.98. The topological polar surface area (TPSA) is 52.3 Å². The Morgan fingerprint density at radius 2 is 1.45 bits per heavy atom. The third-order valence-electron chi connectivity index (χ3n) is 3.97. The fourth-order valence-electron chi connectivity index (χ4n) is 2.27. The quantitative estimate of drug-likeness (QED) is 0.827. The van der Waals surface area contributed by atoms with Gasteiger partial charge in [-0.3, -0.25) is 4.79 Å². The predicted molar refractivity (Wildman–Crippen MR) is 88.2 cm³/mol. The highest BCUT2D eigenvalue weighted by Gasteiger charge is 2.25. The van der Waals surface area contributed by atoms with E-state index >= 15 is 0 Å². The molecule has 0 bridgehead atoms. The van der Waals surface area contributed by atoms with Gasteiger partial charge in [-0.25, -0.2) is 0 Å². The fourth-order valence-corrected chi connectivity index (χ4v) is 2.27. The average molecular weight is 297 g/mol. The number of carbonyl (C=O) groups is 1. The molecule has 22 heavy (non-hydrogen) atoms. The van der Waals surface area contributed by atoms with Gasteiger partial charge in [0.1, 0.15) is 6.04 Å². The van der Waals surface area contributed by atoms with Gasteiger partial charge in [0.05, 0.1) is 0 Å². The molecule has 0 amide bonds. The van der Waals surface area contributed by atoms with Crippen LogP contribution in [0.3, 0.4) is 0 Å². The number of hydrogen-bond donors (Lipinski definition) is 1. The van der Waals surface area contributed by atoms with Crippen molar-refractivity contribution >= 4 is 5.97 Å². The van der Waals surface area contributed by atoms with Crippen LogP contribution in [-0.2, 0) is 9.53 Å². The molecule has 0 unspecified atom stereocenters. The molecular weight excluding hydrogens is 274 g/mol. The number of esters is 1. The van der Waals surface area contributed by atoms with Gasteiger partial charge in [0.25, 0.3) is 0 Å². The molecule has 0 aliphatic rings. The number of benzene rings is 2. The Balaban J connectivity index is 2.25. The van der Waals surface area contributed by atoms with Crippen LogP contribution in [0.5, 0.6) is 0 Å². The Labute approximate surface area is 132 Å². The summed E-state index contributed by atoms with van der Waals surface area (Å²) in [4.78, 5) is 12.4. The van der Waals surface area contributed by atoms with E-state index in [0.717, 1.165) is 17.5 Å². The lowest BCUT2D eigenvalue weighted by atomic mass is 9.99. The van der Waals surface area contributed by atoms with Gasteiger partial charge >= 0.3 is 5.97 Å². The van der Waals surface area contributed by atoms with Crippen LogP contribution in [0.1, 0.15) is 37.5 Å². The van der Waals surface area contributed by atoms with Crippen LogP contribution >= 0.6 is 0 Å². The molecule has 2 atom stereocenters. The van der Waals surface area contributed by atoms with Crippen LogP contribution < -0.4 is 5.73 Å². The fraction of sp³-hybridized carbons (Fsp3) is 0.316. The Kier molecular flexibility index (Phi) is 5.73. The lowest BCUT2D eigenvalue weighted by molar-refractivity contribution is -0.150. The van der Waals surface area contributed by atoms with E-state index in [4.69, 9.17) is 10.5 Å². The number of nitrogens with two attached hydrogens (primary N) is 1. The second-order valence-electron chi connectivity index (χ2n) is 5.55. The Morgan fingerprint density at radius 3 is 1.86 bits per heavy atom. The van der Waals surface area contributed by atoms with Crippen molar-refractivity contribution in [3.63, 3.8) is 0 Å². The maximum Gasteiger partial charge on any atom is 0.324 e. The van der Waals surface area contributed by atoms with Gasteiger partial charge in [-0.2, -0.15) is 0 Å². The highest BCUT2D eigenvalue weighted by atomic mass is 16.5. The summed E-state index contributed by atoms with van der Waals surface area (Å²) in [6, 6.07) is 18.9. The second-order valence-corrected chi connectivity index (χ2v) is 5.55. The van der Waals surface area contributed by atoms with E-state index in [1.807, 2.05) is 74.5 Å². The molecule has 2 rings (SSSR count). The molecule has 2 N–H and O–H groups in total. The van der Waals surface area contributed by atoms with E-state index in [2.05, 4.69) is 0 Å². The first kappa shape index (κ1) is 16.2. The second kappa shape index (κ2) is 7.76. The maximum absolute atomic E-state index is 12.4. The van der Waals surface area contributed by atoms with Crippen LogP contribution in [0.15, 0.2) is 60.7 Å². The monoisotopic (exact) mass is 297 g/mol. The summed E-state index contributed by atoms with van der Waals surface area (Å²) in [5.74, 6) is -0.258. The van der Waals surface area contributed by atoms with Crippen molar-refractivity contribution in [2.24, 2.45) is 11.7 Å². The SMILES string of the molecule is CC[C@H](C)[C@H](N)C(=O)OC(c1ccccc1)c1ccccc1. The van der Waals surface area contributed by atoms with Crippen LogP contribution in [0.4, 0.5) is 0 Å². The van der Waals surface area contributed by atoms with E-state index in [0.29, 0.717) is 0 Å². The van der Waals surface area contributed by atoms with E-state index in [-0.39, 0.29) is 11.9 Å². The minimum absolute atomic E-state index is 0.0969. The lowest BCUT2D eigenvalue weighted by Crippen LogP contribution is -2.38. The number of rotatable bonds is 6. The number of carbonyl (C=O) groups excluding carboxylic acids is 1. The Hall–Kier alpha value is -2.13. The van der Waals surface area contributed by atoms with Crippen LogP contribution in [0.2, 0.25) is 0 Å². The van der Waals surface area contributed by atoms with Crippen molar-refractivity contribution in [2.75, 3.05) is 0 Å². The summed E-state index contributed by atoms with van der Waals surface area (Å²) in [5.41, 5.74) is 7.89. The Morgan fingerprint density at radius 1 is 1.00 bits per heavy atom. The van der Waals surface area contributed by atoms with Crippen LogP contribution in [-0.4, -0.2) is 12.0 Å². The van der Waals surface area contributed by atoms with Crippen molar-refractivity contribution in [3.8, 4) is 0 Å². The largest absolute Gasteiger partial charge is 0.451 e. The minimum Gasteiger partial charge on any atom is -0.451 e. The number of ether oxygens (including phenoxy) is 1. The van der Waals surface area contributed by atoms with Crippen molar-refractivity contribution in [3.05, 3.63) is 71.8 Å². The Bertz CT molecular complexity index is 543. The maximum atomic E-state index is 12.4. The summed E-state index contributed by atoms with van der Waals surface area (Å²) in [6.07, 6.45) is 0.419. The highest BCUT2D eigenvalue weighted by Crippen LogP contribution is 2.26. The molecule has 3 nitrogen and oxygen atoms in total. The zero-order valence-electron chi connectivity index (χ0n) is 13.1. The normalized spacial score (nSPS) is 13.6. The molecule has 0 aliphatic heterocycles. The molecule has 0 saturated heterocycles. The third-order valence-corrected chi connectivity index (χ3v) is 3.97. The molecule has 0 aliphatic carbocycles. The summed E-state index contributed by atoms with van der Waals surface area (Å²) < 4.78 is 5.74. The molecule has 0 spiro atoms. The van der Waals surface area contributed by atoms with Gasteiger partial charge in [-0.1, -0.05) is 80.9 Å². The standard InChI is InChI=1S/C19H23NO2/c1-3-14(2)17(20)19(21)22-18(15-10-6-4-7-11-15)16-12-8-5-9-13-16/h4-14,17-18H,3,20H2,1-2H3/t14-,17-/m0/s1. The van der Waals surface area contributed by atoms with Crippen molar-refractivity contribution in [1.82, 2.24) is 0 Å². The first-order valence-corrected chi connectivity index (χ1v) is 7.69. The summed E-state index contributed by atoms with van der Waals surface area (Å²) >= 11 is 0. The minimum atomic E-state index is -0.597. The molecule has 0 saturated carbocycles. The summed E-state index contributed by atoms with van der Waals surface area (Å²) in [5, 5.41) is 0. The van der Waals surface area contributed by atoms with Gasteiger partial charge in [0.2, 0.25) is 0 Å². The van der Waals surface area contributed by atoms with E-state index < -0.39 is 12.1 Å². The van der Waals surface area contributed by atoms with Crippen molar-refractivity contribution in [1.29, 1.82) is 0 Å². The van der Waals surface area contributed by atoms with Crippen molar-refractivity contribution < 1.29 is 9.53 Å². The van der Waals surface area contributed by atoms with Crippen LogP contribution in [0.25, 0.3) is 0 Å². The van der Waals surface area contributed by atoms with E-state index in [9.17, 15) is 4.79 Å². The first-order chi connectivity index (χ1) is 10.6. The zero-order chi connectivity index (χ0) is 15.9. The molecule has 2 aromatic rings. The molecule has 0 heterocycles. The predicted octanol–water partition coefficient (Wildman–Crippen LogP) is 3.69. The molecule has 0 fully saturated rings. The molecular formula is C19H23NO2. The molecule has 116 valence electrons. The highest BCUT2D eigenvalue weighted by molar-refractivity contribution is 5.76. The van der Waals surface area contributed by atoms with Gasteiger partial charge in [-0.05, 0) is 17.0 Å². The van der Waals surface area contributed by atoms with Gasteiger partial charge in [0, 0.05) is 0 Å². The summed E-state index contributed by atoms with van der Waals surface area (Å²) in [7, 11) is 0. The van der Waals surface area contributed by atoms with E-state index in [1.54, 1.807) is 0 Å². The molecule has 0 aromatic heterocycles. The zero-order valence-corrected chi connectivity index (χ0v) is 13.1. The number of hydrogen-bond acceptors (Lipinski definition) is 3. The third kappa shape index (κ3) is 3.95. The average Bonchev–Trinajstić information content (AvgIpc) is 2.59. The lowest BCUT2D eigenvalue weighted by Gasteiger charge is -2.23. The molecule has 3 heteroatoms.